The zero-order valence-electron chi connectivity index (χ0n) is 11.6. The third-order valence-corrected chi connectivity index (χ3v) is 2.25. The van der Waals surface area contributed by atoms with Crippen LogP contribution in [0.5, 0.6) is 0 Å². The summed E-state index contributed by atoms with van der Waals surface area (Å²) >= 11 is 0. The minimum absolute atomic E-state index is 0.0203. The second kappa shape index (κ2) is 7.74. The number of hydrogen-bond donors (Lipinski definition) is 1. The van der Waals surface area contributed by atoms with Crippen molar-refractivity contribution in [1.82, 2.24) is 5.32 Å². The lowest BCUT2D eigenvalue weighted by molar-refractivity contribution is -0.140. The standard InChI is InChI=1S/C13H23NO4/c1-6-8-13(4,5)14-12(16)18-10(3)9-17-11(15)7-2/h7,10H,2,6,8-9H2,1,3-5H3,(H,14,16). The summed E-state index contributed by atoms with van der Waals surface area (Å²) in [7, 11) is 0. The molecule has 0 radical (unpaired) electrons. The molecule has 5 heteroatoms. The third-order valence-electron chi connectivity index (χ3n) is 2.25. The normalized spacial score (nSPS) is 12.4. The summed E-state index contributed by atoms with van der Waals surface area (Å²) in [6.45, 7) is 10.9. The van der Waals surface area contributed by atoms with Gasteiger partial charge in [0.25, 0.3) is 0 Å². The molecule has 1 atom stereocenters. The molecule has 1 unspecified atom stereocenters. The number of hydrogen-bond acceptors (Lipinski definition) is 4. The van der Waals surface area contributed by atoms with E-state index in [1.165, 1.54) is 0 Å². The maximum Gasteiger partial charge on any atom is 0.407 e. The summed E-state index contributed by atoms with van der Waals surface area (Å²) in [6.07, 6.45) is 1.90. The molecule has 0 aliphatic heterocycles. The summed E-state index contributed by atoms with van der Waals surface area (Å²) < 4.78 is 9.84. The van der Waals surface area contributed by atoms with E-state index in [2.05, 4.69) is 11.9 Å². The highest BCUT2D eigenvalue weighted by atomic mass is 16.6. The zero-order chi connectivity index (χ0) is 14.2. The van der Waals surface area contributed by atoms with Gasteiger partial charge in [0.1, 0.15) is 12.7 Å². The van der Waals surface area contributed by atoms with Gasteiger partial charge in [0.2, 0.25) is 0 Å². The van der Waals surface area contributed by atoms with Gasteiger partial charge < -0.3 is 14.8 Å². The van der Waals surface area contributed by atoms with E-state index in [0.29, 0.717) is 0 Å². The molecular formula is C13H23NO4. The number of alkyl carbamates (subject to hydrolysis) is 1. The van der Waals surface area contributed by atoms with Crippen molar-refractivity contribution in [2.75, 3.05) is 6.61 Å². The largest absolute Gasteiger partial charge is 0.459 e. The lowest BCUT2D eigenvalue weighted by Gasteiger charge is -2.26. The summed E-state index contributed by atoms with van der Waals surface area (Å²) in [4.78, 5) is 22.4. The van der Waals surface area contributed by atoms with Crippen LogP contribution < -0.4 is 5.32 Å². The lowest BCUT2D eigenvalue weighted by Crippen LogP contribution is -2.44. The molecule has 104 valence electrons. The van der Waals surface area contributed by atoms with E-state index in [-0.39, 0.29) is 12.1 Å². The number of rotatable bonds is 7. The van der Waals surface area contributed by atoms with Crippen molar-refractivity contribution >= 4 is 12.1 Å². The molecule has 0 aliphatic rings. The minimum Gasteiger partial charge on any atom is -0.459 e. The van der Waals surface area contributed by atoms with Crippen LogP contribution in [0.3, 0.4) is 0 Å². The first-order valence-corrected chi connectivity index (χ1v) is 6.08. The number of ether oxygens (including phenoxy) is 2. The van der Waals surface area contributed by atoms with Crippen LogP contribution in [-0.2, 0) is 14.3 Å². The van der Waals surface area contributed by atoms with Crippen molar-refractivity contribution in [2.45, 2.75) is 52.2 Å². The van der Waals surface area contributed by atoms with Gasteiger partial charge in [0.05, 0.1) is 0 Å². The first-order chi connectivity index (χ1) is 8.30. The smallest absolute Gasteiger partial charge is 0.407 e. The van der Waals surface area contributed by atoms with E-state index in [0.717, 1.165) is 18.9 Å². The number of amides is 1. The van der Waals surface area contributed by atoms with Gasteiger partial charge in [0.15, 0.2) is 0 Å². The molecule has 0 saturated heterocycles. The third kappa shape index (κ3) is 7.70. The van der Waals surface area contributed by atoms with Crippen molar-refractivity contribution in [3.8, 4) is 0 Å². The van der Waals surface area contributed by atoms with Crippen LogP contribution in [0.25, 0.3) is 0 Å². The Morgan fingerprint density at radius 3 is 2.56 bits per heavy atom. The quantitative estimate of drug-likeness (QED) is 0.562. The van der Waals surface area contributed by atoms with Gasteiger partial charge in [-0.3, -0.25) is 0 Å². The first-order valence-electron chi connectivity index (χ1n) is 6.08. The number of carbonyl (C=O) groups is 2. The van der Waals surface area contributed by atoms with E-state index in [9.17, 15) is 9.59 Å². The van der Waals surface area contributed by atoms with Gasteiger partial charge in [-0.1, -0.05) is 19.9 Å². The molecule has 0 aromatic rings. The summed E-state index contributed by atoms with van der Waals surface area (Å²) in [5.74, 6) is -0.530. The lowest BCUT2D eigenvalue weighted by atomic mass is 9.99. The number of esters is 1. The summed E-state index contributed by atoms with van der Waals surface area (Å²) in [5.41, 5.74) is -0.302. The van der Waals surface area contributed by atoms with E-state index < -0.39 is 18.2 Å². The molecule has 0 saturated carbocycles. The van der Waals surface area contributed by atoms with Crippen LogP contribution in [0.2, 0.25) is 0 Å². The molecule has 5 nitrogen and oxygen atoms in total. The molecule has 18 heavy (non-hydrogen) atoms. The Labute approximate surface area is 109 Å². The van der Waals surface area contributed by atoms with Crippen LogP contribution in [-0.4, -0.2) is 30.3 Å². The number of nitrogens with one attached hydrogen (secondary N) is 1. The first kappa shape index (κ1) is 16.5. The molecule has 0 aromatic carbocycles. The molecule has 0 rings (SSSR count). The summed E-state index contributed by atoms with van der Waals surface area (Å²) in [5, 5.41) is 2.77. The Morgan fingerprint density at radius 1 is 1.44 bits per heavy atom. The Morgan fingerprint density at radius 2 is 2.06 bits per heavy atom. The second-order valence-electron chi connectivity index (χ2n) is 4.81. The number of carbonyl (C=O) groups excluding carboxylic acids is 2. The highest BCUT2D eigenvalue weighted by Crippen LogP contribution is 2.11. The monoisotopic (exact) mass is 257 g/mol. The fraction of sp³-hybridized carbons (Fsp3) is 0.692. The second-order valence-corrected chi connectivity index (χ2v) is 4.81. The molecule has 1 N–H and O–H groups in total. The molecule has 1 amide bonds. The fourth-order valence-electron chi connectivity index (χ4n) is 1.47. The maximum absolute atomic E-state index is 11.6. The summed E-state index contributed by atoms with van der Waals surface area (Å²) in [6, 6.07) is 0. The fourth-order valence-corrected chi connectivity index (χ4v) is 1.47. The van der Waals surface area contributed by atoms with E-state index >= 15 is 0 Å². The van der Waals surface area contributed by atoms with E-state index in [1.54, 1.807) is 6.92 Å². The van der Waals surface area contributed by atoms with E-state index in [4.69, 9.17) is 9.47 Å². The van der Waals surface area contributed by atoms with Gasteiger partial charge in [-0.05, 0) is 27.2 Å². The van der Waals surface area contributed by atoms with Crippen molar-refractivity contribution < 1.29 is 19.1 Å². The van der Waals surface area contributed by atoms with Crippen LogP contribution in [0.4, 0.5) is 4.79 Å². The highest BCUT2D eigenvalue weighted by Gasteiger charge is 2.21. The van der Waals surface area contributed by atoms with Gasteiger partial charge in [0, 0.05) is 11.6 Å². The van der Waals surface area contributed by atoms with Gasteiger partial charge in [-0.15, -0.1) is 0 Å². The van der Waals surface area contributed by atoms with Gasteiger partial charge in [-0.25, -0.2) is 9.59 Å². The zero-order valence-corrected chi connectivity index (χ0v) is 11.6. The predicted molar refractivity (Wildman–Crippen MR) is 69.2 cm³/mol. The average molecular weight is 257 g/mol. The Bertz CT molecular complexity index is 299. The Kier molecular flexibility index (Phi) is 7.08. The molecular weight excluding hydrogens is 234 g/mol. The molecule has 0 bridgehead atoms. The van der Waals surface area contributed by atoms with E-state index in [1.807, 2.05) is 20.8 Å². The molecule has 0 aromatic heterocycles. The van der Waals surface area contributed by atoms with Gasteiger partial charge >= 0.3 is 12.1 Å². The van der Waals surface area contributed by atoms with Crippen LogP contribution >= 0.6 is 0 Å². The molecule has 0 spiro atoms. The van der Waals surface area contributed by atoms with Crippen molar-refractivity contribution in [2.24, 2.45) is 0 Å². The molecule has 0 fully saturated rings. The van der Waals surface area contributed by atoms with Crippen molar-refractivity contribution in [3.63, 3.8) is 0 Å². The highest BCUT2D eigenvalue weighted by molar-refractivity contribution is 5.81. The van der Waals surface area contributed by atoms with Crippen LogP contribution in [0, 0.1) is 0 Å². The molecule has 0 heterocycles. The SMILES string of the molecule is C=CC(=O)OCC(C)OC(=O)NC(C)(C)CCC. The van der Waals surface area contributed by atoms with Crippen molar-refractivity contribution in [3.05, 3.63) is 12.7 Å². The molecule has 0 aliphatic carbocycles. The minimum atomic E-state index is -0.530. The maximum atomic E-state index is 11.6. The topological polar surface area (TPSA) is 64.6 Å². The predicted octanol–water partition coefficient (Wildman–Crippen LogP) is 2.41. The van der Waals surface area contributed by atoms with Crippen LogP contribution in [0.15, 0.2) is 12.7 Å². The Hall–Kier alpha value is -1.52. The van der Waals surface area contributed by atoms with Crippen LogP contribution in [0.1, 0.15) is 40.5 Å². The average Bonchev–Trinajstić information content (AvgIpc) is 2.24. The van der Waals surface area contributed by atoms with Gasteiger partial charge in [-0.2, -0.15) is 0 Å². The van der Waals surface area contributed by atoms with Crippen molar-refractivity contribution in [1.29, 1.82) is 0 Å². The Balaban J connectivity index is 4.00.